The number of phosphoric ester groups is 2. The number of nitrogens with zero attached hydrogens (tertiary/aromatic N) is 1. The fourth-order valence-electron chi connectivity index (χ4n) is 5.71. The highest BCUT2D eigenvalue weighted by Gasteiger charge is 2.50. The molecule has 0 saturated carbocycles. The summed E-state index contributed by atoms with van der Waals surface area (Å²) >= 11 is 0. The fraction of sp³-hybridized carbons (Fsp3) is 0.828. The van der Waals surface area contributed by atoms with E-state index in [1.807, 2.05) is 4.98 Å². The first kappa shape index (κ1) is 44.5. The van der Waals surface area contributed by atoms with E-state index >= 15 is 0 Å². The van der Waals surface area contributed by atoms with Gasteiger partial charge in [0, 0.05) is 12.3 Å². The number of carbonyl (C=O) groups excluding carboxylic acids is 1. The van der Waals surface area contributed by atoms with Gasteiger partial charge in [0.25, 0.3) is 5.56 Å². The lowest BCUT2D eigenvalue weighted by molar-refractivity contribution is -0.249. The number of H-pyrrole nitrogens is 1. The number of carbonyl (C=O) groups is 1. The Morgan fingerprint density at radius 3 is 2.21 bits per heavy atom. The molecule has 2 saturated heterocycles. The van der Waals surface area contributed by atoms with E-state index in [9.17, 15) is 58.8 Å². The van der Waals surface area contributed by atoms with Crippen molar-refractivity contribution in [1.29, 1.82) is 0 Å². The summed E-state index contributed by atoms with van der Waals surface area (Å²) in [4.78, 5) is 58.3. The van der Waals surface area contributed by atoms with Crippen LogP contribution in [-0.2, 0) is 41.5 Å². The molecule has 52 heavy (non-hydrogen) atoms. The van der Waals surface area contributed by atoms with E-state index in [1.54, 1.807) is 0 Å². The van der Waals surface area contributed by atoms with E-state index in [2.05, 4.69) is 15.8 Å². The quantitative estimate of drug-likeness (QED) is 0.0402. The molecule has 0 bridgehead atoms. The highest BCUT2D eigenvalue weighted by molar-refractivity contribution is 7.61. The second kappa shape index (κ2) is 20.7. The molecular formula is C29H51N3O18P2. The van der Waals surface area contributed by atoms with Gasteiger partial charge in [0.05, 0.1) is 31.8 Å². The SMILES string of the molecule is CCCCCCCCCCC[C@@H](O)CC(=O)O[C@@H]1C(N)[C@@H](OP(=O)(O)OP(=O)(O)OC[C@H]2O[C@@H](n3ccc(=O)[nH]c3=O)[C@@H](O)C2O)OC(CO)[C@H]1O. The lowest BCUT2D eigenvalue weighted by Crippen LogP contribution is -2.63. The molecular weight excluding hydrogens is 740 g/mol. The van der Waals surface area contributed by atoms with E-state index in [1.165, 1.54) is 25.7 Å². The second-order valence-electron chi connectivity index (χ2n) is 12.7. The van der Waals surface area contributed by atoms with Crippen LogP contribution in [0.4, 0.5) is 0 Å². The minimum atomic E-state index is -5.67. The minimum Gasteiger partial charge on any atom is -0.458 e. The van der Waals surface area contributed by atoms with Crippen molar-refractivity contribution in [2.24, 2.45) is 5.73 Å². The Hall–Kier alpha value is -1.91. The van der Waals surface area contributed by atoms with E-state index in [-0.39, 0.29) is 0 Å². The van der Waals surface area contributed by atoms with Crippen LogP contribution in [0.3, 0.4) is 0 Å². The fourth-order valence-corrected chi connectivity index (χ4v) is 7.89. The van der Waals surface area contributed by atoms with Crippen LogP contribution in [0.5, 0.6) is 0 Å². The molecule has 2 aliphatic rings. The number of hydrogen-bond acceptors (Lipinski definition) is 17. The number of unbranched alkanes of at least 4 members (excludes halogenated alkanes) is 8. The van der Waals surface area contributed by atoms with Crippen LogP contribution in [0.15, 0.2) is 21.9 Å². The van der Waals surface area contributed by atoms with Crippen LogP contribution >= 0.6 is 15.6 Å². The van der Waals surface area contributed by atoms with Crippen LogP contribution in [0.25, 0.3) is 0 Å². The van der Waals surface area contributed by atoms with Crippen molar-refractivity contribution in [2.45, 2.75) is 139 Å². The monoisotopic (exact) mass is 791 g/mol. The molecule has 2 fully saturated rings. The van der Waals surface area contributed by atoms with E-state index in [4.69, 9.17) is 24.5 Å². The van der Waals surface area contributed by atoms with Crippen molar-refractivity contribution in [2.75, 3.05) is 13.2 Å². The molecule has 2 aliphatic heterocycles. The highest BCUT2D eigenvalue weighted by atomic mass is 31.3. The first-order chi connectivity index (χ1) is 24.5. The smallest absolute Gasteiger partial charge is 0.458 e. The molecule has 5 unspecified atom stereocenters. The summed E-state index contributed by atoms with van der Waals surface area (Å²) in [5.41, 5.74) is 4.25. The van der Waals surface area contributed by atoms with Gasteiger partial charge in [-0.2, -0.15) is 4.31 Å². The predicted molar refractivity (Wildman–Crippen MR) is 177 cm³/mol. The topological polar surface area (TPSA) is 329 Å². The van der Waals surface area contributed by atoms with Crippen molar-refractivity contribution >= 4 is 21.6 Å². The number of nitrogens with one attached hydrogen (secondary N) is 1. The Labute approximate surface area is 298 Å². The van der Waals surface area contributed by atoms with Gasteiger partial charge < -0.3 is 55.3 Å². The first-order valence-electron chi connectivity index (χ1n) is 17.1. The number of aromatic nitrogens is 2. The second-order valence-corrected chi connectivity index (χ2v) is 15.7. The number of rotatable bonds is 22. The zero-order chi connectivity index (χ0) is 38.6. The summed E-state index contributed by atoms with van der Waals surface area (Å²) < 4.78 is 55.5. The van der Waals surface area contributed by atoms with Crippen molar-refractivity contribution < 1.29 is 76.8 Å². The van der Waals surface area contributed by atoms with Crippen molar-refractivity contribution in [1.82, 2.24) is 9.55 Å². The predicted octanol–water partition coefficient (Wildman–Crippen LogP) is -0.604. The first-order valence-corrected chi connectivity index (χ1v) is 20.1. The van der Waals surface area contributed by atoms with Crippen LogP contribution in [0.2, 0.25) is 0 Å². The summed E-state index contributed by atoms with van der Waals surface area (Å²) in [5.74, 6) is -0.981. The van der Waals surface area contributed by atoms with Crippen LogP contribution in [0.1, 0.15) is 83.8 Å². The lowest BCUT2D eigenvalue weighted by Gasteiger charge is -2.42. The molecule has 0 radical (unpaired) electrons. The van der Waals surface area contributed by atoms with Gasteiger partial charge >= 0.3 is 27.3 Å². The zero-order valence-electron chi connectivity index (χ0n) is 28.7. The van der Waals surface area contributed by atoms with Gasteiger partial charge in [0.2, 0.25) is 0 Å². The number of aliphatic hydroxyl groups is 5. The molecule has 0 aromatic carbocycles. The summed E-state index contributed by atoms with van der Waals surface area (Å²) in [5, 5.41) is 51.2. The summed E-state index contributed by atoms with van der Waals surface area (Å²) in [6.45, 7) is 0.202. The van der Waals surface area contributed by atoms with Gasteiger partial charge in [-0.3, -0.25) is 28.2 Å². The van der Waals surface area contributed by atoms with Crippen LogP contribution in [0, 0.1) is 0 Å². The van der Waals surface area contributed by atoms with Crippen molar-refractivity contribution in [3.8, 4) is 0 Å². The number of aliphatic hydroxyl groups excluding tert-OH is 5. The van der Waals surface area contributed by atoms with Gasteiger partial charge in [-0.15, -0.1) is 0 Å². The molecule has 0 spiro atoms. The Balaban J connectivity index is 1.51. The average molecular weight is 792 g/mol. The maximum Gasteiger partial charge on any atom is 0.483 e. The van der Waals surface area contributed by atoms with Crippen molar-refractivity contribution in [3.05, 3.63) is 33.1 Å². The molecule has 12 atom stereocenters. The molecule has 1 aromatic heterocycles. The third-order valence-electron chi connectivity index (χ3n) is 8.52. The third kappa shape index (κ3) is 13.4. The largest absolute Gasteiger partial charge is 0.483 e. The lowest BCUT2D eigenvalue weighted by atomic mass is 9.97. The molecule has 0 amide bonds. The molecule has 300 valence electrons. The zero-order valence-corrected chi connectivity index (χ0v) is 30.4. The number of hydrogen-bond donors (Lipinski definition) is 9. The molecule has 3 rings (SSSR count). The highest BCUT2D eigenvalue weighted by Crippen LogP contribution is 2.61. The van der Waals surface area contributed by atoms with Crippen LogP contribution < -0.4 is 17.0 Å². The van der Waals surface area contributed by atoms with E-state index < -0.39 is 114 Å². The Bertz CT molecular complexity index is 1480. The molecule has 3 heterocycles. The molecule has 23 heteroatoms. The van der Waals surface area contributed by atoms with Crippen molar-refractivity contribution in [3.63, 3.8) is 0 Å². The maximum absolute atomic E-state index is 12.7. The van der Waals surface area contributed by atoms with Gasteiger partial charge in [0.15, 0.2) is 18.6 Å². The Morgan fingerprint density at radius 2 is 1.60 bits per heavy atom. The van der Waals surface area contributed by atoms with E-state index in [0.717, 1.165) is 42.5 Å². The summed E-state index contributed by atoms with van der Waals surface area (Å²) in [6.07, 6.45) is -4.54. The standard InChI is InChI=1S/C29H51N3O18P2/c1-2-3-4-5-6-7-8-9-10-11-17(34)14-21(36)48-26-22(30)28(47-18(15-33)24(26)38)49-52(43,44)50-51(41,42)45-16-19-23(37)25(39)27(46-19)32-13-12-20(35)31-29(32)40/h12-13,17-19,22-28,33-34,37-39H,2-11,14-16,30H2,1H3,(H,41,42)(H,43,44)(H,31,35,40)/t17-,18?,19-,22?,23?,24-,25+,26-,27-,28-/m1/s1. The number of ether oxygens (including phenoxy) is 3. The van der Waals surface area contributed by atoms with Gasteiger partial charge in [0.1, 0.15) is 30.5 Å². The minimum absolute atomic E-state index is 0.314. The van der Waals surface area contributed by atoms with Gasteiger partial charge in [-0.05, 0) is 6.42 Å². The molecule has 0 aliphatic carbocycles. The normalized spacial score (nSPS) is 30.8. The van der Waals surface area contributed by atoms with Gasteiger partial charge in [-0.25, -0.2) is 13.9 Å². The Kier molecular flexibility index (Phi) is 17.7. The third-order valence-corrected chi connectivity index (χ3v) is 11.1. The number of nitrogens with two attached hydrogens (primary N) is 1. The average Bonchev–Trinajstić information content (AvgIpc) is 3.34. The van der Waals surface area contributed by atoms with Crippen LogP contribution in [-0.4, -0.2) is 119 Å². The number of aromatic amines is 1. The molecule has 10 N–H and O–H groups in total. The number of phosphoric acid groups is 2. The number of esters is 1. The summed E-state index contributed by atoms with van der Waals surface area (Å²) in [7, 11) is -11.2. The van der Waals surface area contributed by atoms with E-state index in [0.29, 0.717) is 12.8 Å². The summed E-state index contributed by atoms with van der Waals surface area (Å²) in [6, 6.07) is -0.791. The van der Waals surface area contributed by atoms with Gasteiger partial charge in [-0.1, -0.05) is 64.7 Å². The molecule has 21 nitrogen and oxygen atoms in total. The maximum atomic E-state index is 12.7. The Morgan fingerprint density at radius 1 is 0.962 bits per heavy atom. The molecule has 1 aromatic rings.